The Bertz CT molecular complexity index is 304. The van der Waals surface area contributed by atoms with Crippen LogP contribution in [-0.2, 0) is 5.60 Å². The summed E-state index contributed by atoms with van der Waals surface area (Å²) in [5, 5.41) is 12.7. The second kappa shape index (κ2) is 4.01. The van der Waals surface area contributed by atoms with Crippen molar-refractivity contribution in [3.63, 3.8) is 0 Å². The van der Waals surface area contributed by atoms with Crippen molar-refractivity contribution in [3.8, 4) is 0 Å². The molecule has 0 saturated carbocycles. The summed E-state index contributed by atoms with van der Waals surface area (Å²) in [6, 6.07) is 8.00. The van der Waals surface area contributed by atoms with Crippen molar-refractivity contribution < 1.29 is 10.4 Å². The van der Waals surface area contributed by atoms with Crippen LogP contribution in [0, 0.1) is 0 Å². The van der Waals surface area contributed by atoms with Gasteiger partial charge in [0.1, 0.15) is 5.60 Å². The normalized spacial score (nSPS) is 20.7. The summed E-state index contributed by atoms with van der Waals surface area (Å²) in [6.45, 7) is 2.04. The quantitative estimate of drug-likeness (QED) is 0.773. The van der Waals surface area contributed by atoms with E-state index < -0.39 is 5.60 Å². The summed E-state index contributed by atoms with van der Waals surface area (Å²) < 4.78 is 1.06. The van der Waals surface area contributed by atoms with Crippen LogP contribution in [0.3, 0.4) is 0 Å². The first kappa shape index (κ1) is 10.1. The lowest BCUT2D eigenvalue weighted by molar-refractivity contribution is -0.669. The second-order valence-corrected chi connectivity index (χ2v) is 4.82. The van der Waals surface area contributed by atoms with E-state index in [0.717, 1.165) is 36.0 Å². The number of rotatable bonds is 1. The molecule has 0 unspecified atom stereocenters. The maximum Gasteiger partial charge on any atom is 0.100 e. The van der Waals surface area contributed by atoms with Crippen LogP contribution in [0.15, 0.2) is 28.7 Å². The average molecular weight is 257 g/mol. The van der Waals surface area contributed by atoms with Crippen LogP contribution in [-0.4, -0.2) is 18.2 Å². The topological polar surface area (TPSA) is 36.8 Å². The first-order valence-electron chi connectivity index (χ1n) is 5.01. The van der Waals surface area contributed by atoms with Crippen LogP contribution in [0.2, 0.25) is 0 Å². The van der Waals surface area contributed by atoms with E-state index in [2.05, 4.69) is 21.2 Å². The molecule has 1 aliphatic heterocycles. The average Bonchev–Trinajstić information content (AvgIpc) is 2.19. The number of quaternary nitrogens is 1. The maximum absolute atomic E-state index is 10.4. The van der Waals surface area contributed by atoms with Gasteiger partial charge in [0.2, 0.25) is 0 Å². The zero-order chi connectivity index (χ0) is 10.0. The molecule has 0 aromatic heterocycles. The Labute approximate surface area is 92.5 Å². The van der Waals surface area contributed by atoms with Crippen LogP contribution in [0.5, 0.6) is 0 Å². The number of benzene rings is 1. The van der Waals surface area contributed by atoms with E-state index in [4.69, 9.17) is 0 Å². The third kappa shape index (κ3) is 2.00. The number of aliphatic hydroxyl groups is 1. The van der Waals surface area contributed by atoms with Crippen molar-refractivity contribution in [2.24, 2.45) is 0 Å². The first-order valence-corrected chi connectivity index (χ1v) is 5.80. The molecule has 0 radical (unpaired) electrons. The molecule has 0 bridgehead atoms. The number of piperidine rings is 1. The van der Waals surface area contributed by atoms with Gasteiger partial charge in [0.05, 0.1) is 13.1 Å². The Morgan fingerprint density at radius 1 is 1.14 bits per heavy atom. The lowest BCUT2D eigenvalue weighted by Crippen LogP contribution is -2.87. The molecule has 14 heavy (non-hydrogen) atoms. The van der Waals surface area contributed by atoms with Crippen molar-refractivity contribution >= 4 is 15.9 Å². The van der Waals surface area contributed by atoms with Crippen LogP contribution in [0.1, 0.15) is 18.4 Å². The Morgan fingerprint density at radius 2 is 1.71 bits per heavy atom. The molecule has 0 spiro atoms. The lowest BCUT2D eigenvalue weighted by atomic mass is 9.85. The van der Waals surface area contributed by atoms with Gasteiger partial charge in [0, 0.05) is 17.3 Å². The van der Waals surface area contributed by atoms with Crippen molar-refractivity contribution in [1.29, 1.82) is 0 Å². The van der Waals surface area contributed by atoms with Crippen molar-refractivity contribution in [2.75, 3.05) is 13.1 Å². The molecule has 0 amide bonds. The van der Waals surface area contributed by atoms with E-state index in [1.54, 1.807) is 0 Å². The van der Waals surface area contributed by atoms with Crippen LogP contribution in [0.25, 0.3) is 0 Å². The van der Waals surface area contributed by atoms with E-state index in [-0.39, 0.29) is 0 Å². The Kier molecular flexibility index (Phi) is 2.91. The summed E-state index contributed by atoms with van der Waals surface area (Å²) in [5.41, 5.74) is 0.462. The summed E-state index contributed by atoms with van der Waals surface area (Å²) in [5.74, 6) is 0. The zero-order valence-electron chi connectivity index (χ0n) is 8.04. The highest BCUT2D eigenvalue weighted by Gasteiger charge is 2.32. The summed E-state index contributed by atoms with van der Waals surface area (Å²) >= 11 is 3.40. The van der Waals surface area contributed by atoms with Gasteiger partial charge in [0.15, 0.2) is 0 Å². The highest BCUT2D eigenvalue weighted by Crippen LogP contribution is 2.29. The fourth-order valence-electron chi connectivity index (χ4n) is 2.00. The summed E-state index contributed by atoms with van der Waals surface area (Å²) in [7, 11) is 0. The van der Waals surface area contributed by atoms with Crippen LogP contribution in [0.4, 0.5) is 0 Å². The molecule has 3 heteroatoms. The van der Waals surface area contributed by atoms with Crippen molar-refractivity contribution in [2.45, 2.75) is 18.4 Å². The van der Waals surface area contributed by atoms with Gasteiger partial charge in [0.25, 0.3) is 0 Å². The number of hydrogen-bond acceptors (Lipinski definition) is 1. The standard InChI is InChI=1S/C11H14BrNO/c12-10-3-1-9(2-4-10)11(14)5-7-13-8-6-11/h1-4,13-14H,5-8H2/p+1. The minimum absolute atomic E-state index is 0.588. The molecule has 2 nitrogen and oxygen atoms in total. The van der Waals surface area contributed by atoms with Gasteiger partial charge in [-0.1, -0.05) is 28.1 Å². The SMILES string of the molecule is OC1(c2ccc(Br)cc2)CC[NH2+]CC1. The molecule has 1 aromatic carbocycles. The van der Waals surface area contributed by atoms with E-state index in [9.17, 15) is 5.11 Å². The molecule has 1 saturated heterocycles. The second-order valence-electron chi connectivity index (χ2n) is 3.90. The fourth-order valence-corrected chi connectivity index (χ4v) is 2.26. The third-order valence-corrected chi connectivity index (χ3v) is 3.43. The minimum Gasteiger partial charge on any atom is -0.385 e. The predicted molar refractivity (Wildman–Crippen MR) is 58.9 cm³/mol. The molecule has 0 atom stereocenters. The molecular formula is C11H15BrNO+. The molecule has 3 N–H and O–H groups in total. The molecule has 76 valence electrons. The van der Waals surface area contributed by atoms with Gasteiger partial charge >= 0.3 is 0 Å². The number of hydrogen-bond donors (Lipinski definition) is 2. The van der Waals surface area contributed by atoms with Crippen molar-refractivity contribution in [3.05, 3.63) is 34.3 Å². The Balaban J connectivity index is 2.23. The van der Waals surface area contributed by atoms with E-state index in [0.29, 0.717) is 0 Å². The number of halogens is 1. The van der Waals surface area contributed by atoms with Gasteiger partial charge in [-0.15, -0.1) is 0 Å². The fraction of sp³-hybridized carbons (Fsp3) is 0.455. The maximum atomic E-state index is 10.4. The number of nitrogens with two attached hydrogens (primary N) is 1. The predicted octanol–water partition coefficient (Wildman–Crippen LogP) is 0.994. The van der Waals surface area contributed by atoms with Gasteiger partial charge in [-0.2, -0.15) is 0 Å². The van der Waals surface area contributed by atoms with Crippen LogP contribution >= 0.6 is 15.9 Å². The van der Waals surface area contributed by atoms with Crippen molar-refractivity contribution in [1.82, 2.24) is 0 Å². The van der Waals surface area contributed by atoms with E-state index in [1.807, 2.05) is 24.3 Å². The molecule has 1 fully saturated rings. The third-order valence-electron chi connectivity index (χ3n) is 2.91. The highest BCUT2D eigenvalue weighted by atomic mass is 79.9. The van der Waals surface area contributed by atoms with Crippen LogP contribution < -0.4 is 5.32 Å². The van der Waals surface area contributed by atoms with Gasteiger partial charge in [-0.3, -0.25) is 0 Å². The smallest absolute Gasteiger partial charge is 0.100 e. The lowest BCUT2D eigenvalue weighted by Gasteiger charge is -2.31. The molecule has 1 heterocycles. The Morgan fingerprint density at radius 3 is 2.29 bits per heavy atom. The van der Waals surface area contributed by atoms with Gasteiger partial charge in [-0.25, -0.2) is 0 Å². The van der Waals surface area contributed by atoms with Gasteiger partial charge in [-0.05, 0) is 17.7 Å². The largest absolute Gasteiger partial charge is 0.385 e. The summed E-state index contributed by atoms with van der Waals surface area (Å²) in [4.78, 5) is 0. The zero-order valence-corrected chi connectivity index (χ0v) is 9.63. The Hall–Kier alpha value is -0.380. The monoisotopic (exact) mass is 256 g/mol. The van der Waals surface area contributed by atoms with E-state index in [1.165, 1.54) is 0 Å². The van der Waals surface area contributed by atoms with Gasteiger partial charge < -0.3 is 10.4 Å². The molecular weight excluding hydrogens is 242 g/mol. The summed E-state index contributed by atoms with van der Waals surface area (Å²) in [6.07, 6.45) is 1.71. The molecule has 2 rings (SSSR count). The minimum atomic E-state index is -0.588. The highest BCUT2D eigenvalue weighted by molar-refractivity contribution is 9.10. The van der Waals surface area contributed by atoms with E-state index >= 15 is 0 Å². The molecule has 0 aliphatic carbocycles. The molecule has 1 aliphatic rings. The molecule has 1 aromatic rings. The first-order chi connectivity index (χ1) is 6.71.